The number of methoxy groups -OCH3 is 1. The van der Waals surface area contributed by atoms with Crippen molar-refractivity contribution in [3.05, 3.63) is 53.2 Å². The Hall–Kier alpha value is -2.44. The first-order chi connectivity index (χ1) is 12.2. The third-order valence-electron chi connectivity index (χ3n) is 4.37. The Morgan fingerprint density at radius 2 is 2.24 bits per heavy atom. The van der Waals surface area contributed by atoms with Crippen LogP contribution in [0.2, 0.25) is 0 Å². The van der Waals surface area contributed by atoms with Crippen LogP contribution in [0.25, 0.3) is 0 Å². The molecule has 1 unspecified atom stereocenters. The highest BCUT2D eigenvalue weighted by atomic mass is 16.5. The van der Waals surface area contributed by atoms with Crippen molar-refractivity contribution in [1.82, 2.24) is 10.3 Å². The summed E-state index contributed by atoms with van der Waals surface area (Å²) < 4.78 is 10.9. The fourth-order valence-electron chi connectivity index (χ4n) is 3.11. The van der Waals surface area contributed by atoms with Crippen molar-refractivity contribution < 1.29 is 14.3 Å². The molecule has 6 heteroatoms. The van der Waals surface area contributed by atoms with E-state index in [0.717, 1.165) is 31.6 Å². The number of pyridine rings is 1. The Morgan fingerprint density at radius 1 is 1.36 bits per heavy atom. The molecule has 0 bridgehead atoms. The van der Waals surface area contributed by atoms with Gasteiger partial charge in [-0.3, -0.25) is 4.79 Å². The molecule has 1 aliphatic carbocycles. The molecule has 1 aromatic heterocycles. The predicted molar refractivity (Wildman–Crippen MR) is 94.8 cm³/mol. The number of ether oxygens (including phenoxy) is 2. The average molecular weight is 341 g/mol. The van der Waals surface area contributed by atoms with E-state index in [1.807, 2.05) is 6.07 Å². The Bertz CT molecular complexity index is 731. The summed E-state index contributed by atoms with van der Waals surface area (Å²) in [6, 6.07) is 9.77. The van der Waals surface area contributed by atoms with E-state index in [9.17, 15) is 4.79 Å². The van der Waals surface area contributed by atoms with Gasteiger partial charge in [0.15, 0.2) is 0 Å². The van der Waals surface area contributed by atoms with Gasteiger partial charge < -0.3 is 20.5 Å². The molecule has 0 spiro atoms. The van der Waals surface area contributed by atoms with Crippen molar-refractivity contribution in [2.75, 3.05) is 20.3 Å². The lowest BCUT2D eigenvalue weighted by molar-refractivity contribution is 0.1000. The Morgan fingerprint density at radius 3 is 2.96 bits per heavy atom. The molecule has 1 aromatic carbocycles. The molecule has 1 aliphatic rings. The standard InChI is InChI=1S/C19H23N3O3/c1-24-10-9-21-17-4-2-3-13-11-15(6-7-16(13)17)25-18-8-5-14(12-22-18)19(20)23/h5-8,11-12,17,21H,2-4,9-10H2,1H3,(H2,20,23). The van der Waals surface area contributed by atoms with E-state index in [-0.39, 0.29) is 0 Å². The second-order valence-corrected chi connectivity index (χ2v) is 6.10. The highest BCUT2D eigenvalue weighted by Gasteiger charge is 2.20. The van der Waals surface area contributed by atoms with Gasteiger partial charge in [0, 0.05) is 32.0 Å². The van der Waals surface area contributed by atoms with Crippen molar-refractivity contribution in [1.29, 1.82) is 0 Å². The quantitative estimate of drug-likeness (QED) is 0.756. The fraction of sp³-hybridized carbons (Fsp3) is 0.368. The fourth-order valence-corrected chi connectivity index (χ4v) is 3.11. The van der Waals surface area contributed by atoms with E-state index in [2.05, 4.69) is 22.4 Å². The van der Waals surface area contributed by atoms with Gasteiger partial charge in [0.05, 0.1) is 12.2 Å². The smallest absolute Gasteiger partial charge is 0.250 e. The Balaban J connectivity index is 1.71. The van der Waals surface area contributed by atoms with Crippen LogP contribution in [-0.4, -0.2) is 31.2 Å². The first-order valence-electron chi connectivity index (χ1n) is 8.46. The molecule has 1 atom stereocenters. The minimum atomic E-state index is -0.500. The summed E-state index contributed by atoms with van der Waals surface area (Å²) in [6.45, 7) is 1.55. The minimum absolute atomic E-state index is 0.362. The zero-order valence-electron chi connectivity index (χ0n) is 14.3. The summed E-state index contributed by atoms with van der Waals surface area (Å²) in [6.07, 6.45) is 4.74. The van der Waals surface area contributed by atoms with Gasteiger partial charge in [-0.25, -0.2) is 4.98 Å². The number of hydrogen-bond acceptors (Lipinski definition) is 5. The van der Waals surface area contributed by atoms with Gasteiger partial charge in [-0.05, 0) is 48.6 Å². The number of nitrogens with one attached hydrogen (secondary N) is 1. The van der Waals surface area contributed by atoms with E-state index in [0.29, 0.717) is 24.1 Å². The zero-order chi connectivity index (χ0) is 17.6. The van der Waals surface area contributed by atoms with Gasteiger partial charge in [0.2, 0.25) is 11.8 Å². The van der Waals surface area contributed by atoms with Crippen molar-refractivity contribution >= 4 is 5.91 Å². The SMILES string of the molecule is COCCNC1CCCc2cc(Oc3ccc(C(N)=O)cn3)ccc21. The maximum absolute atomic E-state index is 11.1. The minimum Gasteiger partial charge on any atom is -0.439 e. The third kappa shape index (κ3) is 4.35. The number of aryl methyl sites for hydroxylation is 1. The highest BCUT2D eigenvalue weighted by molar-refractivity contribution is 5.92. The largest absolute Gasteiger partial charge is 0.439 e. The van der Waals surface area contributed by atoms with Crippen molar-refractivity contribution in [2.24, 2.45) is 5.73 Å². The predicted octanol–water partition coefficient (Wildman–Crippen LogP) is 2.59. The van der Waals surface area contributed by atoms with Crippen LogP contribution in [0.3, 0.4) is 0 Å². The van der Waals surface area contributed by atoms with Crippen LogP contribution in [0.15, 0.2) is 36.5 Å². The highest BCUT2D eigenvalue weighted by Crippen LogP contribution is 2.33. The second kappa shape index (κ2) is 8.09. The molecule has 0 radical (unpaired) electrons. The third-order valence-corrected chi connectivity index (χ3v) is 4.37. The van der Waals surface area contributed by atoms with E-state index in [1.54, 1.807) is 19.2 Å². The Kier molecular flexibility index (Phi) is 5.63. The van der Waals surface area contributed by atoms with E-state index < -0.39 is 5.91 Å². The van der Waals surface area contributed by atoms with Crippen LogP contribution >= 0.6 is 0 Å². The van der Waals surface area contributed by atoms with Gasteiger partial charge in [0.1, 0.15) is 5.75 Å². The zero-order valence-corrected chi connectivity index (χ0v) is 14.3. The number of hydrogen-bond donors (Lipinski definition) is 2. The lowest BCUT2D eigenvalue weighted by Gasteiger charge is -2.27. The van der Waals surface area contributed by atoms with Crippen LogP contribution in [0.1, 0.15) is 40.4 Å². The van der Waals surface area contributed by atoms with E-state index in [4.69, 9.17) is 15.2 Å². The first kappa shape index (κ1) is 17.4. The number of nitrogens with two attached hydrogens (primary N) is 1. The van der Waals surface area contributed by atoms with E-state index in [1.165, 1.54) is 17.3 Å². The molecule has 6 nitrogen and oxygen atoms in total. The van der Waals surface area contributed by atoms with Crippen LogP contribution in [-0.2, 0) is 11.2 Å². The van der Waals surface area contributed by atoms with Gasteiger partial charge in [-0.2, -0.15) is 0 Å². The molecular formula is C19H23N3O3. The lowest BCUT2D eigenvalue weighted by Crippen LogP contribution is -2.28. The number of rotatable bonds is 7. The molecule has 0 saturated carbocycles. The number of benzene rings is 1. The summed E-state index contributed by atoms with van der Waals surface area (Å²) in [4.78, 5) is 15.2. The molecule has 0 saturated heterocycles. The summed E-state index contributed by atoms with van der Waals surface area (Å²) in [5, 5.41) is 3.54. The number of nitrogens with zero attached hydrogens (tertiary/aromatic N) is 1. The number of amides is 1. The monoisotopic (exact) mass is 341 g/mol. The topological polar surface area (TPSA) is 86.5 Å². The average Bonchev–Trinajstić information content (AvgIpc) is 2.62. The van der Waals surface area contributed by atoms with Gasteiger partial charge >= 0.3 is 0 Å². The molecular weight excluding hydrogens is 318 g/mol. The number of primary amides is 1. The van der Waals surface area contributed by atoms with Gasteiger partial charge in [-0.1, -0.05) is 6.07 Å². The first-order valence-corrected chi connectivity index (χ1v) is 8.46. The van der Waals surface area contributed by atoms with Crippen LogP contribution in [0.5, 0.6) is 11.6 Å². The molecule has 132 valence electrons. The lowest BCUT2D eigenvalue weighted by atomic mass is 9.87. The normalized spacial score (nSPS) is 16.3. The number of aromatic nitrogens is 1. The maximum Gasteiger partial charge on any atom is 0.250 e. The summed E-state index contributed by atoms with van der Waals surface area (Å²) in [5.41, 5.74) is 8.20. The van der Waals surface area contributed by atoms with Gasteiger partial charge in [0.25, 0.3) is 0 Å². The molecule has 25 heavy (non-hydrogen) atoms. The van der Waals surface area contributed by atoms with Gasteiger partial charge in [-0.15, -0.1) is 0 Å². The summed E-state index contributed by atoms with van der Waals surface area (Å²) in [5.74, 6) is 0.686. The van der Waals surface area contributed by atoms with Crippen LogP contribution in [0.4, 0.5) is 0 Å². The Labute approximate surface area is 147 Å². The molecule has 2 aromatic rings. The van der Waals surface area contributed by atoms with Crippen LogP contribution < -0.4 is 15.8 Å². The van der Waals surface area contributed by atoms with Crippen molar-refractivity contribution in [2.45, 2.75) is 25.3 Å². The molecule has 3 N–H and O–H groups in total. The van der Waals surface area contributed by atoms with E-state index >= 15 is 0 Å². The second-order valence-electron chi connectivity index (χ2n) is 6.10. The number of carbonyl (C=O) groups excluding carboxylic acids is 1. The number of fused-ring (bicyclic) bond motifs is 1. The molecule has 0 fully saturated rings. The summed E-state index contributed by atoms with van der Waals surface area (Å²) in [7, 11) is 1.71. The molecule has 1 amide bonds. The number of carbonyl (C=O) groups is 1. The van der Waals surface area contributed by atoms with Crippen molar-refractivity contribution in [3.63, 3.8) is 0 Å². The summed E-state index contributed by atoms with van der Waals surface area (Å²) >= 11 is 0. The molecule has 0 aliphatic heterocycles. The van der Waals surface area contributed by atoms with Crippen molar-refractivity contribution in [3.8, 4) is 11.6 Å². The maximum atomic E-state index is 11.1. The molecule has 3 rings (SSSR count). The molecule has 1 heterocycles. The van der Waals surface area contributed by atoms with Crippen LogP contribution in [0, 0.1) is 0 Å².